The molecule has 0 aliphatic rings. The van der Waals surface area contributed by atoms with E-state index in [0.717, 1.165) is 16.9 Å². The summed E-state index contributed by atoms with van der Waals surface area (Å²) in [5.41, 5.74) is 5.22. The largest absolute Gasteiger partial charge is 0.271 e. The van der Waals surface area contributed by atoms with Crippen molar-refractivity contribution in [2.24, 2.45) is 5.84 Å². The van der Waals surface area contributed by atoms with Gasteiger partial charge in [0, 0.05) is 11.3 Å². The van der Waals surface area contributed by atoms with Crippen LogP contribution < -0.4 is 11.3 Å². The number of nitrogens with one attached hydrogen (secondary N) is 1. The molecule has 0 aromatic heterocycles. The topological polar surface area (TPSA) is 38.0 Å². The molecule has 1 aromatic rings. The Bertz CT molecular complexity index is 318. The average Bonchev–Trinajstić information content (AvgIpc) is 2.14. The normalized spacial score (nSPS) is 12.9. The van der Waals surface area contributed by atoms with Crippen molar-refractivity contribution in [3.05, 3.63) is 34.6 Å². The Labute approximate surface area is 94.4 Å². The van der Waals surface area contributed by atoms with Gasteiger partial charge in [0.25, 0.3) is 0 Å². The Balaban J connectivity index is 3.11. The average molecular weight is 228 g/mol. The highest BCUT2D eigenvalue weighted by atomic mass is 32.2. The monoisotopic (exact) mass is 228 g/mol. The summed E-state index contributed by atoms with van der Waals surface area (Å²) in [6.45, 7) is 3.80. The van der Waals surface area contributed by atoms with Gasteiger partial charge < -0.3 is 0 Å². The molecule has 1 aromatic carbocycles. The summed E-state index contributed by atoms with van der Waals surface area (Å²) < 4.78 is 13.8. The first-order valence-corrected chi connectivity index (χ1v) is 6.21. The fourth-order valence-corrected chi connectivity index (χ4v) is 2.35. The van der Waals surface area contributed by atoms with E-state index < -0.39 is 0 Å². The van der Waals surface area contributed by atoms with Gasteiger partial charge in [0.15, 0.2) is 0 Å². The Morgan fingerprint density at radius 2 is 2.13 bits per heavy atom. The van der Waals surface area contributed by atoms with Gasteiger partial charge in [-0.15, -0.1) is 0 Å². The lowest BCUT2D eigenvalue weighted by atomic mass is 10.00. The van der Waals surface area contributed by atoms with E-state index in [0.29, 0.717) is 5.56 Å². The molecule has 0 saturated heterocycles. The molecule has 2 nitrogen and oxygen atoms in total. The highest BCUT2D eigenvalue weighted by Gasteiger charge is 2.16. The van der Waals surface area contributed by atoms with Crippen molar-refractivity contribution in [3.8, 4) is 0 Å². The van der Waals surface area contributed by atoms with E-state index in [4.69, 9.17) is 5.84 Å². The standard InChI is InChI=1S/C11H17FN2S/c1-7-4-8(2)11(9(12)5-7)10(14-13)6-15-3/h4-5,10,14H,6,13H2,1-3H3. The van der Waals surface area contributed by atoms with Crippen LogP contribution in [-0.4, -0.2) is 12.0 Å². The summed E-state index contributed by atoms with van der Waals surface area (Å²) in [7, 11) is 0. The van der Waals surface area contributed by atoms with Gasteiger partial charge in [-0.25, -0.2) is 4.39 Å². The number of aryl methyl sites for hydroxylation is 2. The van der Waals surface area contributed by atoms with Gasteiger partial charge in [0.2, 0.25) is 0 Å². The zero-order valence-corrected chi connectivity index (χ0v) is 10.1. The molecule has 0 aliphatic carbocycles. The van der Waals surface area contributed by atoms with Crippen molar-refractivity contribution in [2.75, 3.05) is 12.0 Å². The Morgan fingerprint density at radius 3 is 2.60 bits per heavy atom. The van der Waals surface area contributed by atoms with E-state index in [2.05, 4.69) is 5.43 Å². The summed E-state index contributed by atoms with van der Waals surface area (Å²) >= 11 is 1.64. The first-order chi connectivity index (χ1) is 7.10. The number of benzene rings is 1. The predicted molar refractivity (Wildman–Crippen MR) is 64.3 cm³/mol. The minimum absolute atomic E-state index is 0.124. The van der Waals surface area contributed by atoms with Crippen LogP contribution in [0.5, 0.6) is 0 Å². The van der Waals surface area contributed by atoms with E-state index in [-0.39, 0.29) is 11.9 Å². The van der Waals surface area contributed by atoms with E-state index in [9.17, 15) is 4.39 Å². The van der Waals surface area contributed by atoms with Crippen LogP contribution in [0.25, 0.3) is 0 Å². The van der Waals surface area contributed by atoms with Crippen LogP contribution in [0.3, 0.4) is 0 Å². The fraction of sp³-hybridized carbons (Fsp3) is 0.455. The molecular formula is C11H17FN2S. The molecule has 1 atom stereocenters. The number of hydrogen-bond acceptors (Lipinski definition) is 3. The van der Waals surface area contributed by atoms with Crippen LogP contribution in [0, 0.1) is 19.7 Å². The summed E-state index contributed by atoms with van der Waals surface area (Å²) in [6.07, 6.45) is 1.98. The Morgan fingerprint density at radius 1 is 1.47 bits per heavy atom. The van der Waals surface area contributed by atoms with Gasteiger partial charge in [-0.3, -0.25) is 11.3 Å². The molecule has 0 heterocycles. The van der Waals surface area contributed by atoms with Crippen molar-refractivity contribution in [3.63, 3.8) is 0 Å². The first kappa shape index (κ1) is 12.5. The molecule has 0 fully saturated rings. The van der Waals surface area contributed by atoms with Gasteiger partial charge in [0.1, 0.15) is 5.82 Å². The smallest absolute Gasteiger partial charge is 0.128 e. The second kappa shape index (κ2) is 5.49. The first-order valence-electron chi connectivity index (χ1n) is 4.81. The molecule has 0 amide bonds. The van der Waals surface area contributed by atoms with Crippen LogP contribution in [0.15, 0.2) is 12.1 Å². The van der Waals surface area contributed by atoms with Crippen LogP contribution in [0.4, 0.5) is 4.39 Å². The lowest BCUT2D eigenvalue weighted by Gasteiger charge is -2.18. The minimum atomic E-state index is -0.176. The molecule has 4 heteroatoms. The van der Waals surface area contributed by atoms with E-state index in [1.165, 1.54) is 0 Å². The van der Waals surface area contributed by atoms with Crippen LogP contribution >= 0.6 is 11.8 Å². The maximum atomic E-state index is 13.8. The summed E-state index contributed by atoms with van der Waals surface area (Å²) in [4.78, 5) is 0. The number of hydrogen-bond donors (Lipinski definition) is 2. The number of thioether (sulfide) groups is 1. The summed E-state index contributed by atoms with van der Waals surface area (Å²) in [6, 6.07) is 3.40. The zero-order chi connectivity index (χ0) is 11.4. The van der Waals surface area contributed by atoms with Gasteiger partial charge in [-0.05, 0) is 37.3 Å². The molecule has 0 spiro atoms. The highest BCUT2D eigenvalue weighted by molar-refractivity contribution is 7.98. The van der Waals surface area contributed by atoms with Crippen LogP contribution in [0.1, 0.15) is 22.7 Å². The maximum absolute atomic E-state index is 13.8. The van der Waals surface area contributed by atoms with Crippen LogP contribution in [0.2, 0.25) is 0 Å². The number of rotatable bonds is 4. The third-order valence-electron chi connectivity index (χ3n) is 2.36. The van der Waals surface area contributed by atoms with Gasteiger partial charge >= 0.3 is 0 Å². The van der Waals surface area contributed by atoms with Crippen LogP contribution in [-0.2, 0) is 0 Å². The van der Waals surface area contributed by atoms with Crippen molar-refractivity contribution >= 4 is 11.8 Å². The number of hydrazine groups is 1. The molecule has 0 saturated carbocycles. The second-order valence-electron chi connectivity index (χ2n) is 3.65. The Kier molecular flexibility index (Phi) is 4.57. The highest BCUT2D eigenvalue weighted by Crippen LogP contribution is 2.24. The van der Waals surface area contributed by atoms with Gasteiger partial charge in [0.05, 0.1) is 6.04 Å². The van der Waals surface area contributed by atoms with E-state index in [1.54, 1.807) is 17.8 Å². The molecule has 0 aliphatic heterocycles. The lowest BCUT2D eigenvalue weighted by Crippen LogP contribution is -2.31. The molecule has 1 unspecified atom stereocenters. The molecule has 15 heavy (non-hydrogen) atoms. The molecule has 1 rings (SSSR count). The predicted octanol–water partition coefficient (Wildman–Crippen LogP) is 2.31. The zero-order valence-electron chi connectivity index (χ0n) is 9.30. The lowest BCUT2D eigenvalue weighted by molar-refractivity contribution is 0.543. The van der Waals surface area contributed by atoms with E-state index >= 15 is 0 Å². The summed E-state index contributed by atoms with van der Waals surface area (Å²) in [5, 5.41) is 0. The van der Waals surface area contributed by atoms with Crippen molar-refractivity contribution < 1.29 is 4.39 Å². The SMILES string of the molecule is CSCC(NN)c1c(C)cc(C)cc1F. The number of halogens is 1. The quantitative estimate of drug-likeness (QED) is 0.613. The molecular weight excluding hydrogens is 211 g/mol. The third kappa shape index (κ3) is 2.93. The van der Waals surface area contributed by atoms with E-state index in [1.807, 2.05) is 26.2 Å². The fourth-order valence-electron chi connectivity index (χ4n) is 1.75. The third-order valence-corrected chi connectivity index (χ3v) is 3.03. The molecule has 0 bridgehead atoms. The maximum Gasteiger partial charge on any atom is 0.128 e. The number of nitrogens with two attached hydrogens (primary N) is 1. The van der Waals surface area contributed by atoms with Gasteiger partial charge in [-0.1, -0.05) is 6.07 Å². The minimum Gasteiger partial charge on any atom is -0.271 e. The van der Waals surface area contributed by atoms with Gasteiger partial charge in [-0.2, -0.15) is 11.8 Å². The Hall–Kier alpha value is -0.580. The van der Waals surface area contributed by atoms with Crippen molar-refractivity contribution in [2.45, 2.75) is 19.9 Å². The molecule has 3 N–H and O–H groups in total. The second-order valence-corrected chi connectivity index (χ2v) is 4.56. The van der Waals surface area contributed by atoms with Crippen molar-refractivity contribution in [1.82, 2.24) is 5.43 Å². The van der Waals surface area contributed by atoms with Crippen molar-refractivity contribution in [1.29, 1.82) is 0 Å². The molecule has 0 radical (unpaired) electrons. The summed E-state index contributed by atoms with van der Waals surface area (Å²) in [5.74, 6) is 6.02. The molecule has 84 valence electrons.